The molecule has 0 aromatic carbocycles. The highest BCUT2D eigenvalue weighted by atomic mass is 15.3. The van der Waals surface area contributed by atoms with Crippen LogP contribution in [0.1, 0.15) is 64.5 Å². The van der Waals surface area contributed by atoms with E-state index in [-0.39, 0.29) is 0 Å². The third kappa shape index (κ3) is 3.28. The third-order valence-electron chi connectivity index (χ3n) is 4.63. The van der Waals surface area contributed by atoms with E-state index in [0.29, 0.717) is 6.04 Å². The molecule has 3 N–H and O–H groups in total. The first kappa shape index (κ1) is 15.2. The van der Waals surface area contributed by atoms with Crippen LogP contribution in [0.2, 0.25) is 0 Å². The van der Waals surface area contributed by atoms with E-state index in [2.05, 4.69) is 24.3 Å². The number of nitrogens with two attached hydrogens (primary N) is 1. The lowest BCUT2D eigenvalue weighted by atomic mass is 9.83. The van der Waals surface area contributed by atoms with E-state index in [4.69, 9.17) is 5.73 Å². The van der Waals surface area contributed by atoms with Gasteiger partial charge in [-0.3, -0.25) is 4.68 Å². The molecule has 0 bridgehead atoms. The van der Waals surface area contributed by atoms with Gasteiger partial charge in [-0.15, -0.1) is 0 Å². The first-order valence-corrected chi connectivity index (χ1v) is 8.25. The minimum atomic E-state index is 0.530. The van der Waals surface area contributed by atoms with Crippen molar-refractivity contribution >= 4 is 11.5 Å². The van der Waals surface area contributed by atoms with Gasteiger partial charge < -0.3 is 11.1 Å². The molecule has 4 nitrogen and oxygen atoms in total. The summed E-state index contributed by atoms with van der Waals surface area (Å²) in [5.41, 5.74) is 8.17. The van der Waals surface area contributed by atoms with Gasteiger partial charge in [-0.1, -0.05) is 39.5 Å². The van der Waals surface area contributed by atoms with Crippen molar-refractivity contribution in [2.24, 2.45) is 13.0 Å². The standard InChI is InChI=1S/C16H30N4/c1-4-9-14-15(17)16(20(3)19-14)18-13(5-2)12-10-7-6-8-11-12/h12-13,18H,4-11,17H2,1-3H3. The van der Waals surface area contributed by atoms with Crippen molar-refractivity contribution in [2.45, 2.75) is 71.3 Å². The number of anilines is 2. The van der Waals surface area contributed by atoms with Crippen LogP contribution in [-0.4, -0.2) is 15.8 Å². The van der Waals surface area contributed by atoms with E-state index in [1.54, 1.807) is 0 Å². The highest BCUT2D eigenvalue weighted by molar-refractivity contribution is 5.65. The van der Waals surface area contributed by atoms with Crippen molar-refractivity contribution in [1.29, 1.82) is 0 Å². The van der Waals surface area contributed by atoms with Gasteiger partial charge in [-0.25, -0.2) is 0 Å². The Kier molecular flexibility index (Phi) is 5.32. The molecule has 2 rings (SSSR count). The predicted molar refractivity (Wildman–Crippen MR) is 85.9 cm³/mol. The quantitative estimate of drug-likeness (QED) is 0.833. The minimum absolute atomic E-state index is 0.530. The molecule has 0 spiro atoms. The van der Waals surface area contributed by atoms with Gasteiger partial charge in [-0.2, -0.15) is 5.10 Å². The van der Waals surface area contributed by atoms with Crippen molar-refractivity contribution in [3.63, 3.8) is 0 Å². The first-order chi connectivity index (χ1) is 9.67. The summed E-state index contributed by atoms with van der Waals surface area (Å²) in [6.07, 6.45) is 10.1. The molecular formula is C16H30N4. The van der Waals surface area contributed by atoms with Crippen LogP contribution in [0.15, 0.2) is 0 Å². The van der Waals surface area contributed by atoms with Gasteiger partial charge in [0.2, 0.25) is 0 Å². The maximum atomic E-state index is 6.28. The Morgan fingerprint density at radius 2 is 2.00 bits per heavy atom. The number of nitrogen functional groups attached to an aromatic ring is 1. The molecule has 114 valence electrons. The Labute approximate surface area is 123 Å². The van der Waals surface area contributed by atoms with Crippen LogP contribution in [-0.2, 0) is 13.5 Å². The molecule has 1 saturated carbocycles. The predicted octanol–water partition coefficient (Wildman–Crippen LogP) is 3.73. The van der Waals surface area contributed by atoms with Crippen LogP contribution in [0.25, 0.3) is 0 Å². The largest absolute Gasteiger partial charge is 0.394 e. The van der Waals surface area contributed by atoms with Crippen molar-refractivity contribution in [2.75, 3.05) is 11.1 Å². The van der Waals surface area contributed by atoms with E-state index >= 15 is 0 Å². The fourth-order valence-corrected chi connectivity index (χ4v) is 3.45. The Morgan fingerprint density at radius 1 is 1.30 bits per heavy atom. The van der Waals surface area contributed by atoms with Gasteiger partial charge in [0.25, 0.3) is 0 Å². The Balaban J connectivity index is 2.10. The topological polar surface area (TPSA) is 55.9 Å². The normalized spacial score (nSPS) is 18.1. The lowest BCUT2D eigenvalue weighted by Gasteiger charge is -2.31. The summed E-state index contributed by atoms with van der Waals surface area (Å²) in [6.45, 7) is 4.43. The van der Waals surface area contributed by atoms with E-state index < -0.39 is 0 Å². The molecule has 4 heteroatoms. The van der Waals surface area contributed by atoms with E-state index in [1.165, 1.54) is 32.1 Å². The molecule has 1 fully saturated rings. The maximum Gasteiger partial charge on any atom is 0.148 e. The fourth-order valence-electron chi connectivity index (χ4n) is 3.45. The second-order valence-corrected chi connectivity index (χ2v) is 6.14. The van der Waals surface area contributed by atoms with Gasteiger partial charge in [0.1, 0.15) is 5.82 Å². The molecule has 20 heavy (non-hydrogen) atoms. The summed E-state index contributed by atoms with van der Waals surface area (Å²) in [5, 5.41) is 8.25. The molecule has 1 aromatic rings. The summed E-state index contributed by atoms with van der Waals surface area (Å²) in [5.74, 6) is 1.81. The second-order valence-electron chi connectivity index (χ2n) is 6.14. The number of aryl methyl sites for hydroxylation is 2. The monoisotopic (exact) mass is 278 g/mol. The van der Waals surface area contributed by atoms with E-state index in [1.807, 2.05) is 11.7 Å². The highest BCUT2D eigenvalue weighted by Gasteiger charge is 2.24. The molecule has 1 aliphatic rings. The molecule has 1 aromatic heterocycles. The molecule has 1 aliphatic carbocycles. The molecule has 0 aliphatic heterocycles. The summed E-state index contributed by atoms with van der Waals surface area (Å²) in [7, 11) is 1.99. The smallest absolute Gasteiger partial charge is 0.148 e. The zero-order valence-corrected chi connectivity index (χ0v) is 13.3. The molecule has 1 atom stereocenters. The van der Waals surface area contributed by atoms with Gasteiger partial charge >= 0.3 is 0 Å². The maximum absolute atomic E-state index is 6.28. The van der Waals surface area contributed by atoms with Gasteiger partial charge in [-0.05, 0) is 31.6 Å². The van der Waals surface area contributed by atoms with Crippen LogP contribution in [0.5, 0.6) is 0 Å². The van der Waals surface area contributed by atoms with Crippen molar-refractivity contribution in [3.8, 4) is 0 Å². The van der Waals surface area contributed by atoms with Crippen LogP contribution in [0, 0.1) is 5.92 Å². The molecule has 0 radical (unpaired) electrons. The number of nitrogens with one attached hydrogen (secondary N) is 1. The van der Waals surface area contributed by atoms with Crippen LogP contribution < -0.4 is 11.1 Å². The zero-order chi connectivity index (χ0) is 14.5. The lowest BCUT2D eigenvalue weighted by Crippen LogP contribution is -2.31. The molecule has 1 heterocycles. The van der Waals surface area contributed by atoms with E-state index in [0.717, 1.165) is 42.4 Å². The van der Waals surface area contributed by atoms with Crippen molar-refractivity contribution in [3.05, 3.63) is 5.69 Å². The second kappa shape index (κ2) is 7.00. The number of aromatic nitrogens is 2. The number of hydrogen-bond acceptors (Lipinski definition) is 3. The third-order valence-corrected chi connectivity index (χ3v) is 4.63. The average molecular weight is 278 g/mol. The Morgan fingerprint density at radius 3 is 2.60 bits per heavy atom. The van der Waals surface area contributed by atoms with Gasteiger partial charge in [0.15, 0.2) is 0 Å². The average Bonchev–Trinajstić information content (AvgIpc) is 2.73. The first-order valence-electron chi connectivity index (χ1n) is 8.25. The summed E-state index contributed by atoms with van der Waals surface area (Å²) < 4.78 is 1.92. The Bertz CT molecular complexity index is 418. The van der Waals surface area contributed by atoms with Gasteiger partial charge in [0, 0.05) is 13.1 Å². The van der Waals surface area contributed by atoms with Crippen LogP contribution in [0.4, 0.5) is 11.5 Å². The number of hydrogen-bond donors (Lipinski definition) is 2. The lowest BCUT2D eigenvalue weighted by molar-refractivity contribution is 0.312. The highest BCUT2D eigenvalue weighted by Crippen LogP contribution is 2.31. The van der Waals surface area contributed by atoms with Crippen LogP contribution >= 0.6 is 0 Å². The molecule has 0 saturated heterocycles. The fraction of sp³-hybridized carbons (Fsp3) is 0.812. The summed E-state index contributed by atoms with van der Waals surface area (Å²) in [6, 6.07) is 0.530. The SMILES string of the molecule is CCCc1nn(C)c(NC(CC)C2CCCCC2)c1N. The van der Waals surface area contributed by atoms with Crippen LogP contribution in [0.3, 0.4) is 0 Å². The minimum Gasteiger partial charge on any atom is -0.394 e. The van der Waals surface area contributed by atoms with Gasteiger partial charge in [0.05, 0.1) is 11.4 Å². The van der Waals surface area contributed by atoms with E-state index in [9.17, 15) is 0 Å². The molecular weight excluding hydrogens is 248 g/mol. The molecule has 0 amide bonds. The Hall–Kier alpha value is -1.19. The summed E-state index contributed by atoms with van der Waals surface area (Å²) in [4.78, 5) is 0. The zero-order valence-electron chi connectivity index (χ0n) is 13.3. The molecule has 1 unspecified atom stereocenters. The van der Waals surface area contributed by atoms with Crippen molar-refractivity contribution in [1.82, 2.24) is 9.78 Å². The number of nitrogens with zero attached hydrogens (tertiary/aromatic N) is 2. The summed E-state index contributed by atoms with van der Waals surface area (Å²) >= 11 is 0. The number of rotatable bonds is 6. The van der Waals surface area contributed by atoms with Crippen molar-refractivity contribution < 1.29 is 0 Å².